The van der Waals surface area contributed by atoms with Gasteiger partial charge in [0.2, 0.25) is 0 Å². The van der Waals surface area contributed by atoms with Crippen molar-refractivity contribution in [2.45, 2.75) is 20.3 Å². The first-order valence-electron chi connectivity index (χ1n) is 3.57. The van der Waals surface area contributed by atoms with Gasteiger partial charge >= 0.3 is 0 Å². The van der Waals surface area contributed by atoms with Crippen LogP contribution in [0.4, 0.5) is 0 Å². The third-order valence-electron chi connectivity index (χ3n) is 1.69. The molecule has 1 rings (SSSR count). The molecule has 1 atom stereocenters. The molecule has 1 aromatic heterocycles. The van der Waals surface area contributed by atoms with E-state index in [4.69, 9.17) is 0 Å². The molecule has 1 heterocycles. The SMILES string of the molecule is CC(=O)[C@@H](C)Cc1cscn1. The molecule has 0 saturated heterocycles. The Hall–Kier alpha value is -0.700. The van der Waals surface area contributed by atoms with Crippen LogP contribution in [-0.4, -0.2) is 10.8 Å². The fourth-order valence-electron chi connectivity index (χ4n) is 0.796. The fourth-order valence-corrected chi connectivity index (χ4v) is 1.37. The third kappa shape index (κ3) is 2.42. The van der Waals surface area contributed by atoms with Crippen LogP contribution in [0, 0.1) is 5.92 Å². The van der Waals surface area contributed by atoms with Gasteiger partial charge in [-0.2, -0.15) is 0 Å². The second-order valence-corrected chi connectivity index (χ2v) is 3.41. The average molecular weight is 169 g/mol. The summed E-state index contributed by atoms with van der Waals surface area (Å²) in [7, 11) is 0. The highest BCUT2D eigenvalue weighted by molar-refractivity contribution is 7.07. The van der Waals surface area contributed by atoms with Gasteiger partial charge in [-0.05, 0) is 13.3 Å². The summed E-state index contributed by atoms with van der Waals surface area (Å²) in [5.41, 5.74) is 2.82. The lowest BCUT2D eigenvalue weighted by Gasteiger charge is -2.02. The molecule has 0 aromatic carbocycles. The van der Waals surface area contributed by atoms with E-state index in [-0.39, 0.29) is 11.7 Å². The normalized spacial score (nSPS) is 12.9. The predicted octanol–water partition coefficient (Wildman–Crippen LogP) is 1.91. The molecule has 0 saturated carbocycles. The van der Waals surface area contributed by atoms with Crippen molar-refractivity contribution < 1.29 is 4.79 Å². The molecular formula is C8H11NOS. The molecule has 0 fully saturated rings. The van der Waals surface area contributed by atoms with Crippen molar-refractivity contribution >= 4 is 17.1 Å². The van der Waals surface area contributed by atoms with E-state index in [0.717, 1.165) is 12.1 Å². The van der Waals surface area contributed by atoms with Crippen LogP contribution in [0.15, 0.2) is 10.9 Å². The average Bonchev–Trinajstić information content (AvgIpc) is 2.39. The lowest BCUT2D eigenvalue weighted by molar-refractivity contribution is -0.120. The first-order chi connectivity index (χ1) is 5.20. The summed E-state index contributed by atoms with van der Waals surface area (Å²) in [6, 6.07) is 0. The molecule has 1 aromatic rings. The van der Waals surface area contributed by atoms with E-state index in [1.807, 2.05) is 12.3 Å². The molecule has 0 bridgehead atoms. The highest BCUT2D eigenvalue weighted by Gasteiger charge is 2.08. The molecule has 0 unspecified atom stereocenters. The van der Waals surface area contributed by atoms with E-state index < -0.39 is 0 Å². The lowest BCUT2D eigenvalue weighted by atomic mass is 10.0. The number of thiazole rings is 1. The minimum atomic E-state index is 0.108. The number of hydrogen-bond acceptors (Lipinski definition) is 3. The van der Waals surface area contributed by atoms with Crippen LogP contribution in [0.5, 0.6) is 0 Å². The highest BCUT2D eigenvalue weighted by Crippen LogP contribution is 2.08. The van der Waals surface area contributed by atoms with Crippen LogP contribution < -0.4 is 0 Å². The van der Waals surface area contributed by atoms with Crippen LogP contribution in [-0.2, 0) is 11.2 Å². The Morgan fingerprint density at radius 2 is 2.55 bits per heavy atom. The quantitative estimate of drug-likeness (QED) is 0.691. The Kier molecular flexibility index (Phi) is 2.76. The summed E-state index contributed by atoms with van der Waals surface area (Å²) in [6.07, 6.45) is 0.777. The van der Waals surface area contributed by atoms with E-state index in [0.29, 0.717) is 0 Å². The summed E-state index contributed by atoms with van der Waals surface area (Å²) in [5.74, 6) is 0.343. The van der Waals surface area contributed by atoms with Crippen LogP contribution in [0.2, 0.25) is 0 Å². The van der Waals surface area contributed by atoms with Gasteiger partial charge in [0.1, 0.15) is 5.78 Å². The number of carbonyl (C=O) groups excluding carboxylic acids is 1. The fraction of sp³-hybridized carbons (Fsp3) is 0.500. The molecule has 0 aliphatic heterocycles. The molecule has 0 amide bonds. The highest BCUT2D eigenvalue weighted by atomic mass is 32.1. The van der Waals surface area contributed by atoms with Crippen LogP contribution in [0.25, 0.3) is 0 Å². The van der Waals surface area contributed by atoms with E-state index in [2.05, 4.69) is 4.98 Å². The Morgan fingerprint density at radius 3 is 3.00 bits per heavy atom. The summed E-state index contributed by atoms with van der Waals surface area (Å²) < 4.78 is 0. The largest absolute Gasteiger partial charge is 0.300 e. The van der Waals surface area contributed by atoms with E-state index >= 15 is 0 Å². The monoisotopic (exact) mass is 169 g/mol. The van der Waals surface area contributed by atoms with Crippen molar-refractivity contribution in [1.82, 2.24) is 4.98 Å². The first-order valence-corrected chi connectivity index (χ1v) is 4.52. The Morgan fingerprint density at radius 1 is 1.82 bits per heavy atom. The second-order valence-electron chi connectivity index (χ2n) is 2.70. The Balaban J connectivity index is 2.50. The van der Waals surface area contributed by atoms with Crippen LogP contribution >= 0.6 is 11.3 Å². The molecule has 0 spiro atoms. The van der Waals surface area contributed by atoms with Crippen molar-refractivity contribution in [3.63, 3.8) is 0 Å². The van der Waals surface area contributed by atoms with E-state index in [1.165, 1.54) is 0 Å². The molecule has 60 valence electrons. The van der Waals surface area contributed by atoms with Crippen molar-refractivity contribution in [3.8, 4) is 0 Å². The number of carbonyl (C=O) groups is 1. The van der Waals surface area contributed by atoms with Crippen molar-refractivity contribution in [2.24, 2.45) is 5.92 Å². The number of ketones is 1. The summed E-state index contributed by atoms with van der Waals surface area (Å²) in [5, 5.41) is 1.99. The van der Waals surface area contributed by atoms with Gasteiger partial charge in [0.15, 0.2) is 0 Å². The van der Waals surface area contributed by atoms with E-state index in [9.17, 15) is 4.79 Å². The second kappa shape index (κ2) is 3.62. The van der Waals surface area contributed by atoms with Gasteiger partial charge in [-0.25, -0.2) is 4.98 Å². The zero-order chi connectivity index (χ0) is 8.27. The third-order valence-corrected chi connectivity index (χ3v) is 2.33. The Bertz CT molecular complexity index is 230. The number of hydrogen-bond donors (Lipinski definition) is 0. The topological polar surface area (TPSA) is 30.0 Å². The van der Waals surface area contributed by atoms with Crippen molar-refractivity contribution in [1.29, 1.82) is 0 Å². The molecule has 0 aliphatic carbocycles. The van der Waals surface area contributed by atoms with Crippen LogP contribution in [0.3, 0.4) is 0 Å². The summed E-state index contributed by atoms with van der Waals surface area (Å²) >= 11 is 1.57. The van der Waals surface area contributed by atoms with Gasteiger partial charge in [0.25, 0.3) is 0 Å². The lowest BCUT2D eigenvalue weighted by Crippen LogP contribution is -2.09. The summed E-state index contributed by atoms with van der Waals surface area (Å²) in [4.78, 5) is 15.0. The van der Waals surface area contributed by atoms with E-state index in [1.54, 1.807) is 23.8 Å². The van der Waals surface area contributed by atoms with Gasteiger partial charge in [-0.15, -0.1) is 11.3 Å². The minimum absolute atomic E-state index is 0.108. The number of aromatic nitrogens is 1. The molecular weight excluding hydrogens is 158 g/mol. The molecule has 2 nitrogen and oxygen atoms in total. The zero-order valence-electron chi connectivity index (χ0n) is 6.70. The van der Waals surface area contributed by atoms with Gasteiger partial charge < -0.3 is 0 Å². The molecule has 0 aliphatic rings. The maximum absolute atomic E-state index is 10.8. The van der Waals surface area contributed by atoms with Gasteiger partial charge in [0.05, 0.1) is 11.2 Å². The smallest absolute Gasteiger partial charge is 0.133 e. The first kappa shape index (κ1) is 8.40. The minimum Gasteiger partial charge on any atom is -0.300 e. The van der Waals surface area contributed by atoms with Crippen molar-refractivity contribution in [2.75, 3.05) is 0 Å². The predicted molar refractivity (Wildman–Crippen MR) is 45.7 cm³/mol. The van der Waals surface area contributed by atoms with Gasteiger partial charge in [0, 0.05) is 11.3 Å². The van der Waals surface area contributed by atoms with Gasteiger partial charge in [-0.3, -0.25) is 4.79 Å². The summed E-state index contributed by atoms with van der Waals surface area (Å²) in [6.45, 7) is 3.55. The molecule has 3 heteroatoms. The molecule has 0 N–H and O–H groups in total. The number of nitrogens with zero attached hydrogens (tertiary/aromatic N) is 1. The maximum Gasteiger partial charge on any atom is 0.133 e. The Labute approximate surface area is 70.3 Å². The van der Waals surface area contributed by atoms with Crippen molar-refractivity contribution in [3.05, 3.63) is 16.6 Å². The van der Waals surface area contributed by atoms with Gasteiger partial charge in [-0.1, -0.05) is 6.92 Å². The van der Waals surface area contributed by atoms with Crippen LogP contribution in [0.1, 0.15) is 19.5 Å². The molecule has 11 heavy (non-hydrogen) atoms. The molecule has 0 radical (unpaired) electrons. The number of rotatable bonds is 3. The standard InChI is InChI=1S/C8H11NOS/c1-6(7(2)10)3-8-4-11-5-9-8/h4-6H,3H2,1-2H3/t6-/m0/s1. The maximum atomic E-state index is 10.8. The zero-order valence-corrected chi connectivity index (χ0v) is 7.52. The number of Topliss-reactive ketones (excluding diaryl/α,β-unsaturated/α-hetero) is 1.